The van der Waals surface area contributed by atoms with Crippen molar-refractivity contribution in [1.29, 1.82) is 0 Å². The van der Waals surface area contributed by atoms with Crippen molar-refractivity contribution in [2.45, 2.75) is 32.2 Å². The SMILES string of the molecule is CCn1c(=O)cc(C2CCN(CCOC)CC2)c2cc(C(=O)N(C)c3ccccc3)ccc21. The first kappa shape index (κ1) is 23.2. The number of para-hydroxylation sites is 1. The van der Waals surface area contributed by atoms with Gasteiger partial charge in [0.15, 0.2) is 0 Å². The molecular formula is C27H33N3O3. The Morgan fingerprint density at radius 1 is 1.09 bits per heavy atom. The normalized spacial score (nSPS) is 15.1. The number of amides is 1. The van der Waals surface area contributed by atoms with Crippen molar-refractivity contribution in [3.8, 4) is 0 Å². The molecule has 0 saturated carbocycles. The quantitative estimate of drug-likeness (QED) is 0.547. The lowest BCUT2D eigenvalue weighted by molar-refractivity contribution is 0.0993. The number of pyridine rings is 1. The van der Waals surface area contributed by atoms with Gasteiger partial charge in [-0.1, -0.05) is 18.2 Å². The Bertz CT molecular complexity index is 1160. The van der Waals surface area contributed by atoms with Gasteiger partial charge >= 0.3 is 0 Å². The van der Waals surface area contributed by atoms with Crippen LogP contribution in [0.4, 0.5) is 5.69 Å². The monoisotopic (exact) mass is 447 g/mol. The number of rotatable bonds is 7. The summed E-state index contributed by atoms with van der Waals surface area (Å²) in [5.74, 6) is 0.250. The number of benzene rings is 2. The van der Waals surface area contributed by atoms with E-state index < -0.39 is 0 Å². The molecule has 0 unspecified atom stereocenters. The molecule has 0 radical (unpaired) electrons. The van der Waals surface area contributed by atoms with E-state index in [1.165, 1.54) is 0 Å². The fraction of sp³-hybridized carbons (Fsp3) is 0.407. The lowest BCUT2D eigenvalue weighted by atomic mass is 9.87. The molecule has 1 saturated heterocycles. The van der Waals surface area contributed by atoms with E-state index in [-0.39, 0.29) is 11.5 Å². The highest BCUT2D eigenvalue weighted by atomic mass is 16.5. The average Bonchev–Trinajstić information content (AvgIpc) is 2.86. The largest absolute Gasteiger partial charge is 0.383 e. The molecule has 1 fully saturated rings. The minimum Gasteiger partial charge on any atom is -0.383 e. The van der Waals surface area contributed by atoms with Crippen LogP contribution in [0.1, 0.15) is 41.6 Å². The third kappa shape index (κ3) is 4.87. The number of hydrogen-bond donors (Lipinski definition) is 0. The van der Waals surface area contributed by atoms with E-state index in [0.717, 1.165) is 61.2 Å². The molecule has 0 aliphatic carbocycles. The summed E-state index contributed by atoms with van der Waals surface area (Å²) in [6.07, 6.45) is 1.99. The van der Waals surface area contributed by atoms with Gasteiger partial charge in [0, 0.05) is 50.0 Å². The van der Waals surface area contributed by atoms with Gasteiger partial charge in [0.25, 0.3) is 11.5 Å². The van der Waals surface area contributed by atoms with Gasteiger partial charge in [-0.25, -0.2) is 0 Å². The summed E-state index contributed by atoms with van der Waals surface area (Å²) in [6.45, 7) is 6.23. The molecule has 1 aromatic heterocycles. The van der Waals surface area contributed by atoms with Crippen LogP contribution in [0.15, 0.2) is 59.4 Å². The number of carbonyl (C=O) groups excluding carboxylic acids is 1. The molecular weight excluding hydrogens is 414 g/mol. The topological polar surface area (TPSA) is 54.8 Å². The summed E-state index contributed by atoms with van der Waals surface area (Å²) >= 11 is 0. The van der Waals surface area contributed by atoms with Crippen LogP contribution in [0.3, 0.4) is 0 Å². The summed E-state index contributed by atoms with van der Waals surface area (Å²) in [7, 11) is 3.53. The van der Waals surface area contributed by atoms with Gasteiger partial charge in [-0.3, -0.25) is 9.59 Å². The van der Waals surface area contributed by atoms with E-state index in [9.17, 15) is 9.59 Å². The lowest BCUT2D eigenvalue weighted by Gasteiger charge is -2.32. The number of nitrogens with zero attached hydrogens (tertiary/aromatic N) is 3. The zero-order valence-corrected chi connectivity index (χ0v) is 19.8. The molecule has 0 bridgehead atoms. The molecule has 6 heteroatoms. The highest BCUT2D eigenvalue weighted by molar-refractivity contribution is 6.07. The van der Waals surface area contributed by atoms with Crippen molar-refractivity contribution >= 4 is 22.5 Å². The van der Waals surface area contributed by atoms with E-state index in [0.29, 0.717) is 18.0 Å². The van der Waals surface area contributed by atoms with E-state index in [2.05, 4.69) is 4.90 Å². The second-order valence-electron chi connectivity index (χ2n) is 8.72. The molecule has 0 atom stereocenters. The van der Waals surface area contributed by atoms with Crippen LogP contribution in [-0.4, -0.2) is 55.8 Å². The standard InChI is InChI=1S/C27H33N3O3/c1-4-30-25-11-10-21(27(32)28(2)22-8-6-5-7-9-22)18-24(25)23(19-26(30)31)20-12-14-29(15-13-20)16-17-33-3/h5-11,18-20H,4,12-17H2,1-3H3. The summed E-state index contributed by atoms with van der Waals surface area (Å²) < 4.78 is 7.01. The molecule has 33 heavy (non-hydrogen) atoms. The van der Waals surface area contributed by atoms with Gasteiger partial charge in [0.2, 0.25) is 0 Å². The number of fused-ring (bicyclic) bond motifs is 1. The molecule has 4 rings (SSSR count). The highest BCUT2D eigenvalue weighted by Gasteiger charge is 2.24. The van der Waals surface area contributed by atoms with E-state index in [4.69, 9.17) is 4.74 Å². The lowest BCUT2D eigenvalue weighted by Crippen LogP contribution is -2.35. The third-order valence-electron chi connectivity index (χ3n) is 6.79. The van der Waals surface area contributed by atoms with Crippen LogP contribution in [0.5, 0.6) is 0 Å². The number of methoxy groups -OCH3 is 1. The van der Waals surface area contributed by atoms with E-state index in [1.54, 1.807) is 29.7 Å². The number of anilines is 1. The number of hydrogen-bond acceptors (Lipinski definition) is 4. The maximum Gasteiger partial charge on any atom is 0.258 e. The third-order valence-corrected chi connectivity index (χ3v) is 6.79. The second-order valence-corrected chi connectivity index (χ2v) is 8.72. The maximum atomic E-state index is 13.3. The molecule has 0 N–H and O–H groups in total. The van der Waals surface area contributed by atoms with Gasteiger partial charge in [0.05, 0.1) is 12.1 Å². The summed E-state index contributed by atoms with van der Waals surface area (Å²) in [5.41, 5.74) is 3.49. The van der Waals surface area contributed by atoms with Gasteiger partial charge in [0.1, 0.15) is 0 Å². The first-order valence-electron chi connectivity index (χ1n) is 11.8. The smallest absolute Gasteiger partial charge is 0.258 e. The predicted molar refractivity (Wildman–Crippen MR) is 133 cm³/mol. The van der Waals surface area contributed by atoms with Crippen molar-refractivity contribution in [2.75, 3.05) is 45.3 Å². The van der Waals surface area contributed by atoms with Crippen LogP contribution in [0, 0.1) is 0 Å². The Balaban J connectivity index is 1.70. The van der Waals surface area contributed by atoms with Gasteiger partial charge in [-0.05, 0) is 74.7 Å². The molecule has 1 aliphatic rings. The first-order chi connectivity index (χ1) is 16.0. The van der Waals surface area contributed by atoms with Crippen molar-refractivity contribution in [3.63, 3.8) is 0 Å². The Morgan fingerprint density at radius 2 is 1.82 bits per heavy atom. The minimum atomic E-state index is -0.0577. The van der Waals surface area contributed by atoms with Crippen molar-refractivity contribution < 1.29 is 9.53 Å². The molecule has 3 aromatic rings. The van der Waals surface area contributed by atoms with Crippen LogP contribution in [0.2, 0.25) is 0 Å². The Kier molecular flexibility index (Phi) is 7.26. The molecule has 174 valence electrons. The fourth-order valence-corrected chi connectivity index (χ4v) is 4.86. The molecule has 2 heterocycles. The van der Waals surface area contributed by atoms with Crippen LogP contribution in [0.25, 0.3) is 10.9 Å². The van der Waals surface area contributed by atoms with Crippen molar-refractivity contribution in [1.82, 2.24) is 9.47 Å². The summed E-state index contributed by atoms with van der Waals surface area (Å²) in [6, 6.07) is 17.2. The summed E-state index contributed by atoms with van der Waals surface area (Å²) in [5, 5.41) is 1.01. The highest BCUT2D eigenvalue weighted by Crippen LogP contribution is 2.33. The zero-order chi connectivity index (χ0) is 23.4. The predicted octanol–water partition coefficient (Wildman–Crippen LogP) is 4.12. The van der Waals surface area contributed by atoms with Crippen molar-refractivity contribution in [2.24, 2.45) is 0 Å². The maximum absolute atomic E-state index is 13.3. The Hall–Kier alpha value is -2.96. The van der Waals surface area contributed by atoms with Gasteiger partial charge in [-0.2, -0.15) is 0 Å². The Morgan fingerprint density at radius 3 is 2.48 bits per heavy atom. The van der Waals surface area contributed by atoms with Crippen LogP contribution in [-0.2, 0) is 11.3 Å². The van der Waals surface area contributed by atoms with Crippen LogP contribution >= 0.6 is 0 Å². The number of carbonyl (C=O) groups is 1. The molecule has 1 aliphatic heterocycles. The molecule has 0 spiro atoms. The minimum absolute atomic E-state index is 0.0299. The number of piperidine rings is 1. The van der Waals surface area contributed by atoms with Crippen LogP contribution < -0.4 is 10.5 Å². The molecule has 2 aromatic carbocycles. The number of aryl methyl sites for hydroxylation is 1. The first-order valence-corrected chi connectivity index (χ1v) is 11.8. The summed E-state index contributed by atoms with van der Waals surface area (Å²) in [4.78, 5) is 30.3. The second kappa shape index (κ2) is 10.3. The van der Waals surface area contributed by atoms with Crippen molar-refractivity contribution in [3.05, 3.63) is 76.1 Å². The number of aromatic nitrogens is 1. The van der Waals surface area contributed by atoms with E-state index >= 15 is 0 Å². The number of ether oxygens (including phenoxy) is 1. The fourth-order valence-electron chi connectivity index (χ4n) is 4.86. The number of likely N-dealkylation sites (tertiary alicyclic amines) is 1. The molecule has 1 amide bonds. The zero-order valence-electron chi connectivity index (χ0n) is 19.8. The van der Waals surface area contributed by atoms with Gasteiger partial charge in [-0.15, -0.1) is 0 Å². The molecule has 6 nitrogen and oxygen atoms in total. The Labute approximate surface area is 195 Å². The van der Waals surface area contributed by atoms with E-state index in [1.807, 2.05) is 55.5 Å². The average molecular weight is 448 g/mol. The van der Waals surface area contributed by atoms with Gasteiger partial charge < -0.3 is 19.1 Å².